The molecule has 2 aromatic carbocycles. The molecule has 3 heteroatoms. The molecule has 18 heavy (non-hydrogen) atoms. The van der Waals surface area contributed by atoms with Crippen LogP contribution in [0.5, 0.6) is 0 Å². The van der Waals surface area contributed by atoms with Crippen LogP contribution in [0.4, 0.5) is 4.39 Å². The van der Waals surface area contributed by atoms with Crippen molar-refractivity contribution in [3.63, 3.8) is 0 Å². The first-order valence-corrected chi connectivity index (χ1v) is 6.13. The molecule has 0 heterocycles. The van der Waals surface area contributed by atoms with Crippen molar-refractivity contribution in [2.45, 2.75) is 19.4 Å². The van der Waals surface area contributed by atoms with Gasteiger partial charge in [0, 0.05) is 11.4 Å². The van der Waals surface area contributed by atoms with Crippen LogP contribution in [0.3, 0.4) is 0 Å². The fourth-order valence-electron chi connectivity index (χ4n) is 1.94. The van der Waals surface area contributed by atoms with Gasteiger partial charge in [0.2, 0.25) is 0 Å². The van der Waals surface area contributed by atoms with Crippen LogP contribution in [0.1, 0.15) is 22.8 Å². The molecule has 1 atom stereocenters. The standard InChI is InChI=1S/C15H14ClFO/c1-10-13(3-2-4-14(10)16)15(18)9-11-5-7-12(17)8-6-11/h2-8,15,18H,9H2,1H3. The highest BCUT2D eigenvalue weighted by Gasteiger charge is 2.12. The summed E-state index contributed by atoms with van der Waals surface area (Å²) in [5.74, 6) is -0.271. The summed E-state index contributed by atoms with van der Waals surface area (Å²) in [7, 11) is 0. The van der Waals surface area contributed by atoms with Crippen LogP contribution in [-0.2, 0) is 6.42 Å². The highest BCUT2D eigenvalue weighted by Crippen LogP contribution is 2.26. The quantitative estimate of drug-likeness (QED) is 0.886. The topological polar surface area (TPSA) is 20.2 Å². The summed E-state index contributed by atoms with van der Waals surface area (Å²) >= 11 is 6.02. The first kappa shape index (κ1) is 13.1. The molecule has 94 valence electrons. The molecule has 0 saturated carbocycles. The fraction of sp³-hybridized carbons (Fsp3) is 0.200. The van der Waals surface area contributed by atoms with Gasteiger partial charge in [0.15, 0.2) is 0 Å². The minimum Gasteiger partial charge on any atom is -0.388 e. The Kier molecular flexibility index (Phi) is 4.00. The van der Waals surface area contributed by atoms with Crippen molar-refractivity contribution >= 4 is 11.6 Å². The van der Waals surface area contributed by atoms with Crippen LogP contribution in [-0.4, -0.2) is 5.11 Å². The molecule has 2 rings (SSSR count). The molecular formula is C15H14ClFO. The second kappa shape index (κ2) is 5.51. The van der Waals surface area contributed by atoms with E-state index in [4.69, 9.17) is 11.6 Å². The van der Waals surface area contributed by atoms with Gasteiger partial charge >= 0.3 is 0 Å². The third kappa shape index (κ3) is 2.89. The highest BCUT2D eigenvalue weighted by molar-refractivity contribution is 6.31. The van der Waals surface area contributed by atoms with E-state index in [1.165, 1.54) is 12.1 Å². The summed E-state index contributed by atoms with van der Waals surface area (Å²) in [6.07, 6.45) is -0.185. The van der Waals surface area contributed by atoms with Gasteiger partial charge in [-0.1, -0.05) is 35.9 Å². The SMILES string of the molecule is Cc1c(Cl)cccc1C(O)Cc1ccc(F)cc1. The van der Waals surface area contributed by atoms with Gasteiger partial charge in [-0.15, -0.1) is 0 Å². The monoisotopic (exact) mass is 264 g/mol. The van der Waals surface area contributed by atoms with E-state index in [1.54, 1.807) is 18.2 Å². The molecule has 0 spiro atoms. The van der Waals surface area contributed by atoms with Crippen molar-refractivity contribution in [1.82, 2.24) is 0 Å². The number of aliphatic hydroxyl groups excluding tert-OH is 1. The van der Waals surface area contributed by atoms with Crippen molar-refractivity contribution < 1.29 is 9.50 Å². The summed E-state index contributed by atoms with van der Waals surface area (Å²) in [4.78, 5) is 0. The summed E-state index contributed by atoms with van der Waals surface area (Å²) in [6.45, 7) is 1.88. The molecule has 1 nitrogen and oxygen atoms in total. The molecule has 0 aliphatic rings. The van der Waals surface area contributed by atoms with Gasteiger partial charge in [-0.2, -0.15) is 0 Å². The van der Waals surface area contributed by atoms with E-state index < -0.39 is 6.10 Å². The van der Waals surface area contributed by atoms with E-state index in [-0.39, 0.29) is 5.82 Å². The Balaban J connectivity index is 2.19. The number of aliphatic hydroxyl groups is 1. The Hall–Kier alpha value is -1.38. The first-order valence-electron chi connectivity index (χ1n) is 5.75. The molecule has 0 fully saturated rings. The maximum absolute atomic E-state index is 12.8. The van der Waals surface area contributed by atoms with Gasteiger partial charge in [0.05, 0.1) is 6.10 Å². The smallest absolute Gasteiger partial charge is 0.123 e. The summed E-state index contributed by atoms with van der Waals surface area (Å²) < 4.78 is 12.8. The van der Waals surface area contributed by atoms with Crippen molar-refractivity contribution in [3.05, 3.63) is 70.0 Å². The molecule has 0 radical (unpaired) electrons. The molecular weight excluding hydrogens is 251 g/mol. The van der Waals surface area contributed by atoms with Gasteiger partial charge in [-0.25, -0.2) is 4.39 Å². The average Bonchev–Trinajstić information content (AvgIpc) is 2.35. The Morgan fingerprint density at radius 3 is 2.50 bits per heavy atom. The van der Waals surface area contributed by atoms with E-state index in [2.05, 4.69) is 0 Å². The van der Waals surface area contributed by atoms with Crippen molar-refractivity contribution in [2.75, 3.05) is 0 Å². The molecule has 0 saturated heterocycles. The minimum absolute atomic E-state index is 0.271. The largest absolute Gasteiger partial charge is 0.388 e. The Morgan fingerprint density at radius 1 is 1.17 bits per heavy atom. The van der Waals surface area contributed by atoms with Gasteiger partial charge in [0.25, 0.3) is 0 Å². The Morgan fingerprint density at radius 2 is 1.83 bits per heavy atom. The van der Waals surface area contributed by atoms with E-state index >= 15 is 0 Å². The van der Waals surface area contributed by atoms with E-state index in [0.717, 1.165) is 16.7 Å². The molecule has 0 aliphatic carbocycles. The second-order valence-corrected chi connectivity index (χ2v) is 4.71. The van der Waals surface area contributed by atoms with Crippen molar-refractivity contribution in [3.8, 4) is 0 Å². The summed E-state index contributed by atoms with van der Waals surface area (Å²) in [5.41, 5.74) is 2.59. The molecule has 1 unspecified atom stereocenters. The zero-order valence-corrected chi connectivity index (χ0v) is 10.8. The maximum atomic E-state index is 12.8. The van der Waals surface area contributed by atoms with Crippen LogP contribution in [0.15, 0.2) is 42.5 Å². The van der Waals surface area contributed by atoms with Crippen molar-refractivity contribution in [2.24, 2.45) is 0 Å². The lowest BCUT2D eigenvalue weighted by atomic mass is 9.98. The molecule has 0 aromatic heterocycles. The first-order chi connectivity index (χ1) is 8.58. The fourth-order valence-corrected chi connectivity index (χ4v) is 2.12. The van der Waals surface area contributed by atoms with Gasteiger partial charge in [0.1, 0.15) is 5.82 Å². The number of halogens is 2. The predicted molar refractivity (Wildman–Crippen MR) is 71.3 cm³/mol. The number of benzene rings is 2. The van der Waals surface area contributed by atoms with Crippen LogP contribution < -0.4 is 0 Å². The minimum atomic E-state index is -0.630. The number of rotatable bonds is 3. The lowest BCUT2D eigenvalue weighted by Crippen LogP contribution is -2.04. The summed E-state index contributed by atoms with van der Waals surface area (Å²) in [5, 5.41) is 10.8. The van der Waals surface area contributed by atoms with Crippen LogP contribution in [0, 0.1) is 12.7 Å². The van der Waals surface area contributed by atoms with Gasteiger partial charge in [-0.05, 0) is 41.8 Å². The third-order valence-electron chi connectivity index (χ3n) is 3.01. The normalized spacial score (nSPS) is 12.4. The number of hydrogen-bond donors (Lipinski definition) is 1. The van der Waals surface area contributed by atoms with E-state index in [1.807, 2.05) is 19.1 Å². The molecule has 1 N–H and O–H groups in total. The van der Waals surface area contributed by atoms with Crippen LogP contribution in [0.2, 0.25) is 5.02 Å². The maximum Gasteiger partial charge on any atom is 0.123 e. The molecule has 0 amide bonds. The zero-order valence-electron chi connectivity index (χ0n) is 10.0. The molecule has 0 bridgehead atoms. The average molecular weight is 265 g/mol. The van der Waals surface area contributed by atoms with Crippen LogP contribution >= 0.6 is 11.6 Å². The second-order valence-electron chi connectivity index (χ2n) is 4.30. The highest BCUT2D eigenvalue weighted by atomic mass is 35.5. The summed E-state index contributed by atoms with van der Waals surface area (Å²) in [6, 6.07) is 11.6. The molecule has 0 aliphatic heterocycles. The zero-order chi connectivity index (χ0) is 13.1. The van der Waals surface area contributed by atoms with Gasteiger partial charge in [-0.3, -0.25) is 0 Å². The Bertz CT molecular complexity index is 537. The lowest BCUT2D eigenvalue weighted by molar-refractivity contribution is 0.177. The predicted octanol–water partition coefficient (Wildman–Crippen LogP) is 4.06. The lowest BCUT2D eigenvalue weighted by Gasteiger charge is -2.14. The molecule has 2 aromatic rings. The Labute approximate surface area is 111 Å². The van der Waals surface area contributed by atoms with E-state index in [9.17, 15) is 9.50 Å². The number of hydrogen-bond acceptors (Lipinski definition) is 1. The third-order valence-corrected chi connectivity index (χ3v) is 3.42. The van der Waals surface area contributed by atoms with Gasteiger partial charge < -0.3 is 5.11 Å². The van der Waals surface area contributed by atoms with Crippen molar-refractivity contribution in [1.29, 1.82) is 0 Å². The van der Waals surface area contributed by atoms with E-state index in [0.29, 0.717) is 11.4 Å². The van der Waals surface area contributed by atoms with Crippen LogP contribution in [0.25, 0.3) is 0 Å².